The number of rotatable bonds is 8. The van der Waals surface area contributed by atoms with E-state index in [1.54, 1.807) is 34.1 Å². The average molecular weight is 626 g/mol. The summed E-state index contributed by atoms with van der Waals surface area (Å²) in [5.41, 5.74) is 5.70. The van der Waals surface area contributed by atoms with Gasteiger partial charge in [0.05, 0.1) is 23.7 Å². The summed E-state index contributed by atoms with van der Waals surface area (Å²) in [5.74, 6) is 1.03. The molecule has 0 aliphatic heterocycles. The molecule has 4 heterocycles. The van der Waals surface area contributed by atoms with Gasteiger partial charge in [0.15, 0.2) is 0 Å². The van der Waals surface area contributed by atoms with E-state index in [0.29, 0.717) is 40.6 Å². The van der Waals surface area contributed by atoms with Crippen LogP contribution in [-0.4, -0.2) is 53.2 Å². The molecule has 0 bridgehead atoms. The number of aromatic nitrogens is 7. The number of carbonyl (C=O) groups is 1. The first-order valence-corrected chi connectivity index (χ1v) is 15.4. The summed E-state index contributed by atoms with van der Waals surface area (Å²) in [4.78, 5) is 29.4. The number of pyridine rings is 1. The molecule has 234 valence electrons. The molecular weight excluding hydrogens is 594 g/mol. The Hall–Kier alpha value is -6.16. The SMILES string of the molecule is Cn1cc(-c2ccc(N(C(=O)NCc3ccccc3)C3CCC(Nc4ncc(C#N)c(-c5ccc6nonc6c5)n4)CC3)nc2)cn1. The molecule has 1 fully saturated rings. The zero-order chi connectivity index (χ0) is 32.2. The minimum absolute atomic E-state index is 0.0548. The van der Waals surface area contributed by atoms with Gasteiger partial charge in [0.1, 0.15) is 22.9 Å². The third-order valence-electron chi connectivity index (χ3n) is 8.37. The van der Waals surface area contributed by atoms with E-state index in [4.69, 9.17) is 14.6 Å². The van der Waals surface area contributed by atoms with Crippen molar-refractivity contribution in [1.29, 1.82) is 5.26 Å². The van der Waals surface area contributed by atoms with Crippen molar-refractivity contribution < 1.29 is 9.42 Å². The van der Waals surface area contributed by atoms with Crippen LogP contribution < -0.4 is 15.5 Å². The standard InChI is InChI=1S/C34H31N11O2/c1-44-21-26(20-39-44)24-8-14-31(36-18-24)45(34(46)38-17-22-5-3-2-4-6-22)28-11-9-27(10-12-28)40-33-37-19-25(16-35)32(41-33)23-7-13-29-30(15-23)43-47-42-29/h2-8,13-15,18-21,27-28H,9-12,17H2,1H3,(H,38,46)(H,37,40,41). The first kappa shape index (κ1) is 29.5. The fourth-order valence-corrected chi connectivity index (χ4v) is 5.93. The summed E-state index contributed by atoms with van der Waals surface area (Å²) in [6.45, 7) is 0.416. The minimum atomic E-state index is -0.189. The van der Waals surface area contributed by atoms with Crippen LogP contribution in [0.25, 0.3) is 33.4 Å². The van der Waals surface area contributed by atoms with Crippen molar-refractivity contribution in [2.45, 2.75) is 44.3 Å². The van der Waals surface area contributed by atoms with Gasteiger partial charge in [-0.2, -0.15) is 10.4 Å². The lowest BCUT2D eigenvalue weighted by Gasteiger charge is -2.36. The fourth-order valence-electron chi connectivity index (χ4n) is 5.93. The molecule has 2 aromatic carbocycles. The van der Waals surface area contributed by atoms with Crippen LogP contribution in [-0.2, 0) is 13.6 Å². The number of fused-ring (bicyclic) bond motifs is 1. The second kappa shape index (κ2) is 13.1. The van der Waals surface area contributed by atoms with Gasteiger partial charge in [-0.1, -0.05) is 36.4 Å². The highest BCUT2D eigenvalue weighted by Gasteiger charge is 2.31. The summed E-state index contributed by atoms with van der Waals surface area (Å²) >= 11 is 0. The first-order valence-electron chi connectivity index (χ1n) is 15.4. The quantitative estimate of drug-likeness (QED) is 0.221. The molecule has 7 rings (SSSR count). The molecule has 0 spiro atoms. The predicted octanol–water partition coefficient (Wildman–Crippen LogP) is 5.49. The van der Waals surface area contributed by atoms with Crippen molar-refractivity contribution in [3.8, 4) is 28.5 Å². The van der Waals surface area contributed by atoms with E-state index in [0.717, 1.165) is 47.9 Å². The Kier molecular flexibility index (Phi) is 8.21. The van der Waals surface area contributed by atoms with Crippen LogP contribution in [0.2, 0.25) is 0 Å². The Morgan fingerprint density at radius 1 is 0.957 bits per heavy atom. The zero-order valence-electron chi connectivity index (χ0n) is 25.6. The highest BCUT2D eigenvalue weighted by molar-refractivity contribution is 5.91. The number of aryl methyl sites for hydroxylation is 1. The molecule has 13 heteroatoms. The Morgan fingerprint density at radius 3 is 2.51 bits per heavy atom. The number of carbonyl (C=O) groups excluding carboxylic acids is 1. The van der Waals surface area contributed by atoms with Gasteiger partial charge in [0.2, 0.25) is 5.95 Å². The number of hydrogen-bond donors (Lipinski definition) is 2. The minimum Gasteiger partial charge on any atom is -0.351 e. The molecule has 0 atom stereocenters. The van der Waals surface area contributed by atoms with E-state index in [-0.39, 0.29) is 18.1 Å². The van der Waals surface area contributed by atoms with Crippen LogP contribution in [0.1, 0.15) is 36.8 Å². The number of hydrogen-bond acceptors (Lipinski definition) is 10. The monoisotopic (exact) mass is 625 g/mol. The lowest BCUT2D eigenvalue weighted by molar-refractivity contribution is 0.240. The van der Waals surface area contributed by atoms with Gasteiger partial charge in [-0.15, -0.1) is 0 Å². The molecule has 1 saturated carbocycles. The van der Waals surface area contributed by atoms with Crippen LogP contribution in [0.5, 0.6) is 0 Å². The smallest absolute Gasteiger partial charge is 0.323 e. The molecule has 2 amide bonds. The summed E-state index contributed by atoms with van der Waals surface area (Å²) in [5, 5.41) is 28.3. The molecule has 13 nitrogen and oxygen atoms in total. The molecule has 0 radical (unpaired) electrons. The number of benzene rings is 2. The molecule has 4 aromatic heterocycles. The number of urea groups is 1. The maximum absolute atomic E-state index is 13.7. The molecular formula is C34H31N11O2. The van der Waals surface area contributed by atoms with Crippen molar-refractivity contribution in [3.63, 3.8) is 0 Å². The van der Waals surface area contributed by atoms with Crippen LogP contribution in [0.4, 0.5) is 16.6 Å². The van der Waals surface area contributed by atoms with E-state index in [1.165, 1.54) is 6.20 Å². The Labute approximate surface area is 270 Å². The van der Waals surface area contributed by atoms with E-state index in [2.05, 4.69) is 37.1 Å². The third kappa shape index (κ3) is 6.48. The van der Waals surface area contributed by atoms with Gasteiger partial charge in [0.25, 0.3) is 0 Å². The zero-order valence-corrected chi connectivity index (χ0v) is 25.6. The van der Waals surface area contributed by atoms with Crippen LogP contribution >= 0.6 is 0 Å². The van der Waals surface area contributed by atoms with Crippen LogP contribution in [0.3, 0.4) is 0 Å². The second-order valence-corrected chi connectivity index (χ2v) is 11.5. The number of nitrogens with one attached hydrogen (secondary N) is 2. The third-order valence-corrected chi connectivity index (χ3v) is 8.37. The van der Waals surface area contributed by atoms with Crippen LogP contribution in [0, 0.1) is 11.3 Å². The fraction of sp³-hybridized carbons (Fsp3) is 0.235. The van der Waals surface area contributed by atoms with Gasteiger partial charge in [-0.05, 0) is 65.8 Å². The van der Waals surface area contributed by atoms with Gasteiger partial charge in [0, 0.05) is 54.8 Å². The normalized spacial score (nSPS) is 16.0. The molecule has 47 heavy (non-hydrogen) atoms. The van der Waals surface area contributed by atoms with Gasteiger partial charge in [-0.25, -0.2) is 24.4 Å². The summed E-state index contributed by atoms with van der Waals surface area (Å²) < 4.78 is 6.57. The highest BCUT2D eigenvalue weighted by atomic mass is 16.6. The molecule has 2 N–H and O–H groups in total. The predicted molar refractivity (Wildman–Crippen MR) is 175 cm³/mol. The van der Waals surface area contributed by atoms with Gasteiger partial charge in [-0.3, -0.25) is 9.58 Å². The van der Waals surface area contributed by atoms with E-state index in [9.17, 15) is 10.1 Å². The number of amides is 2. The van der Waals surface area contributed by atoms with Crippen LogP contribution in [0.15, 0.2) is 90.1 Å². The average Bonchev–Trinajstić information content (AvgIpc) is 3.77. The lowest BCUT2D eigenvalue weighted by Crippen LogP contribution is -2.49. The summed E-state index contributed by atoms with van der Waals surface area (Å²) in [6.07, 6.45) is 10.1. The number of anilines is 2. The van der Waals surface area contributed by atoms with Gasteiger partial charge >= 0.3 is 6.03 Å². The van der Waals surface area contributed by atoms with Crippen molar-refractivity contribution in [3.05, 3.63) is 96.6 Å². The van der Waals surface area contributed by atoms with Crippen molar-refractivity contribution >= 4 is 28.8 Å². The lowest BCUT2D eigenvalue weighted by atomic mass is 9.90. The topological polar surface area (TPSA) is 164 Å². The van der Waals surface area contributed by atoms with E-state index in [1.807, 2.05) is 61.8 Å². The van der Waals surface area contributed by atoms with Crippen molar-refractivity contribution in [2.75, 3.05) is 10.2 Å². The maximum atomic E-state index is 13.7. The largest absolute Gasteiger partial charge is 0.351 e. The highest BCUT2D eigenvalue weighted by Crippen LogP contribution is 2.30. The van der Waals surface area contributed by atoms with Crippen molar-refractivity contribution in [2.24, 2.45) is 7.05 Å². The molecule has 6 aromatic rings. The molecule has 0 saturated heterocycles. The Balaban J connectivity index is 1.07. The van der Waals surface area contributed by atoms with E-state index < -0.39 is 0 Å². The van der Waals surface area contributed by atoms with Gasteiger partial charge < -0.3 is 10.6 Å². The summed E-state index contributed by atoms with van der Waals surface area (Å²) in [6, 6.07) is 21.1. The maximum Gasteiger partial charge on any atom is 0.323 e. The Morgan fingerprint density at radius 2 is 1.77 bits per heavy atom. The van der Waals surface area contributed by atoms with E-state index >= 15 is 0 Å². The summed E-state index contributed by atoms with van der Waals surface area (Å²) in [7, 11) is 1.87. The number of nitriles is 1. The van der Waals surface area contributed by atoms with Crippen molar-refractivity contribution in [1.82, 2.24) is 40.4 Å². The number of nitrogens with zero attached hydrogens (tertiary/aromatic N) is 9. The second-order valence-electron chi connectivity index (χ2n) is 11.5. The molecule has 0 unspecified atom stereocenters. The Bertz CT molecular complexity index is 2040. The first-order chi connectivity index (χ1) is 23.0. The molecule has 1 aliphatic rings. The molecule has 1 aliphatic carbocycles.